The van der Waals surface area contributed by atoms with Gasteiger partial charge < -0.3 is 9.32 Å². The van der Waals surface area contributed by atoms with E-state index in [1.165, 1.54) is 18.4 Å². The maximum Gasteiger partial charge on any atom is 0.226 e. The van der Waals surface area contributed by atoms with E-state index in [-0.39, 0.29) is 11.5 Å². The third-order valence-electron chi connectivity index (χ3n) is 4.32. The fourth-order valence-electron chi connectivity index (χ4n) is 2.96. The van der Waals surface area contributed by atoms with Crippen LogP contribution in [0.15, 0.2) is 53.1 Å². The Morgan fingerprint density at radius 2 is 1.62 bits per heavy atom. The van der Waals surface area contributed by atoms with Crippen molar-refractivity contribution in [3.05, 3.63) is 60.4 Å². The van der Waals surface area contributed by atoms with Gasteiger partial charge in [0.25, 0.3) is 0 Å². The van der Waals surface area contributed by atoms with Gasteiger partial charge in [0.05, 0.1) is 0 Å². The highest BCUT2D eigenvalue weighted by Gasteiger charge is 2.16. The van der Waals surface area contributed by atoms with Crippen molar-refractivity contribution >= 4 is 16.5 Å². The van der Waals surface area contributed by atoms with Crippen molar-refractivity contribution < 1.29 is 17.4 Å². The van der Waals surface area contributed by atoms with Gasteiger partial charge in [-0.1, -0.05) is 12.1 Å². The second-order valence-electron chi connectivity index (χ2n) is 6.08. The number of rotatable bonds is 3. The van der Waals surface area contributed by atoms with Crippen LogP contribution in [0.2, 0.25) is 0 Å². The molecule has 3 aromatic rings. The van der Waals surface area contributed by atoms with E-state index in [9.17, 15) is 13.0 Å². The fraction of sp³-hybridized carbons (Fsp3) is 0.211. The van der Waals surface area contributed by atoms with Gasteiger partial charge in [-0.05, 0) is 24.3 Å². The number of hydrogen-bond donors (Lipinski definition) is 0. The second kappa shape index (κ2) is 6.99. The summed E-state index contributed by atoms with van der Waals surface area (Å²) in [5.41, 5.74) is 2.77. The van der Waals surface area contributed by atoms with Gasteiger partial charge in [0.1, 0.15) is 23.6 Å². The average molecular weight is 374 g/mol. The molecular formula is C19H16F2N2O2S. The lowest BCUT2D eigenvalue weighted by Gasteiger charge is -2.28. The first-order chi connectivity index (χ1) is 12.6. The molecule has 1 aliphatic rings. The first-order valence-electron chi connectivity index (χ1n) is 8.21. The number of halogens is 2. The molecule has 2 heterocycles. The molecular weight excluding hydrogens is 358 g/mol. The molecule has 134 valence electrons. The molecule has 0 amide bonds. The highest BCUT2D eigenvalue weighted by molar-refractivity contribution is 7.85. The molecule has 0 radical (unpaired) electrons. The summed E-state index contributed by atoms with van der Waals surface area (Å²) in [6.07, 6.45) is 1.47. The van der Waals surface area contributed by atoms with Crippen molar-refractivity contribution in [1.29, 1.82) is 0 Å². The Morgan fingerprint density at radius 1 is 0.962 bits per heavy atom. The van der Waals surface area contributed by atoms with Crippen LogP contribution in [0.4, 0.5) is 14.5 Å². The molecule has 4 nitrogen and oxygen atoms in total. The maximum absolute atomic E-state index is 13.4. The molecule has 1 aromatic heterocycles. The Hall–Kier alpha value is -2.54. The van der Waals surface area contributed by atoms with Crippen molar-refractivity contribution in [2.24, 2.45) is 0 Å². The van der Waals surface area contributed by atoms with Crippen LogP contribution in [0.3, 0.4) is 0 Å². The summed E-state index contributed by atoms with van der Waals surface area (Å²) in [4.78, 5) is 6.53. The lowest BCUT2D eigenvalue weighted by molar-refractivity contribution is 0.564. The van der Waals surface area contributed by atoms with Gasteiger partial charge in [0.15, 0.2) is 0 Å². The van der Waals surface area contributed by atoms with Gasteiger partial charge >= 0.3 is 0 Å². The largest absolute Gasteiger partial charge is 0.444 e. The summed E-state index contributed by atoms with van der Waals surface area (Å²) in [7, 11) is -0.705. The van der Waals surface area contributed by atoms with E-state index in [0.717, 1.165) is 30.4 Å². The van der Waals surface area contributed by atoms with Crippen molar-refractivity contribution in [2.75, 3.05) is 29.5 Å². The van der Waals surface area contributed by atoms with Crippen LogP contribution in [0, 0.1) is 11.6 Å². The van der Waals surface area contributed by atoms with Crippen LogP contribution in [0.1, 0.15) is 0 Å². The molecule has 0 saturated carbocycles. The summed E-state index contributed by atoms with van der Waals surface area (Å²) in [6.45, 7) is 1.57. The highest BCUT2D eigenvalue weighted by Crippen LogP contribution is 2.27. The van der Waals surface area contributed by atoms with Crippen LogP contribution < -0.4 is 4.90 Å². The molecule has 0 aliphatic carbocycles. The van der Waals surface area contributed by atoms with Crippen molar-refractivity contribution in [3.63, 3.8) is 0 Å². The number of oxazole rings is 1. The van der Waals surface area contributed by atoms with Gasteiger partial charge in [-0.2, -0.15) is 0 Å². The number of hydrogen-bond acceptors (Lipinski definition) is 4. The van der Waals surface area contributed by atoms with E-state index in [1.807, 2.05) is 24.3 Å². The zero-order valence-electron chi connectivity index (χ0n) is 13.8. The molecule has 1 aliphatic heterocycles. The zero-order chi connectivity index (χ0) is 18.1. The molecule has 0 atom stereocenters. The summed E-state index contributed by atoms with van der Waals surface area (Å²) in [5.74, 6) is 0.205. The van der Waals surface area contributed by atoms with Gasteiger partial charge in [-0.15, -0.1) is 0 Å². The standard InChI is InChI=1S/C19H16F2N2O2S/c20-15-9-14(10-16(21)11-15)19-22-18(12-25-19)13-1-3-17(4-2-13)23-5-7-26(24)8-6-23/h1-4,9-12H,5-8H2. The first-order valence-corrected chi connectivity index (χ1v) is 9.70. The smallest absolute Gasteiger partial charge is 0.226 e. The minimum atomic E-state index is -0.705. The normalized spacial score (nSPS) is 15.4. The highest BCUT2D eigenvalue weighted by atomic mass is 32.2. The lowest BCUT2D eigenvalue weighted by atomic mass is 10.1. The predicted octanol–water partition coefficient (Wildman–Crippen LogP) is 3.86. The third-order valence-corrected chi connectivity index (χ3v) is 5.60. The molecule has 0 unspecified atom stereocenters. The summed E-state index contributed by atoms with van der Waals surface area (Å²) < 4.78 is 43.6. The van der Waals surface area contributed by atoms with Crippen LogP contribution in [-0.4, -0.2) is 33.8 Å². The lowest BCUT2D eigenvalue weighted by Crippen LogP contribution is -2.37. The topological polar surface area (TPSA) is 46.3 Å². The predicted molar refractivity (Wildman–Crippen MR) is 97.4 cm³/mol. The molecule has 7 heteroatoms. The maximum atomic E-state index is 13.4. The van der Waals surface area contributed by atoms with Crippen LogP contribution in [0.25, 0.3) is 22.7 Å². The SMILES string of the molecule is O=S1CCN(c2ccc(-c3coc(-c4cc(F)cc(F)c4)n3)cc2)CC1. The number of nitrogens with zero attached hydrogens (tertiary/aromatic N) is 2. The Balaban J connectivity index is 1.55. The van der Waals surface area contributed by atoms with E-state index in [1.54, 1.807) is 0 Å². The molecule has 1 fully saturated rings. The Kier molecular flexibility index (Phi) is 4.55. The first kappa shape index (κ1) is 16.9. The van der Waals surface area contributed by atoms with E-state index in [4.69, 9.17) is 4.42 Å². The molecule has 2 aromatic carbocycles. The van der Waals surface area contributed by atoms with Crippen LogP contribution >= 0.6 is 0 Å². The van der Waals surface area contributed by atoms with E-state index in [0.29, 0.717) is 17.2 Å². The third kappa shape index (κ3) is 3.53. The van der Waals surface area contributed by atoms with Gasteiger partial charge in [-0.3, -0.25) is 4.21 Å². The summed E-state index contributed by atoms with van der Waals surface area (Å²) >= 11 is 0. The number of benzene rings is 2. The van der Waals surface area contributed by atoms with E-state index < -0.39 is 22.4 Å². The van der Waals surface area contributed by atoms with Crippen LogP contribution in [0.5, 0.6) is 0 Å². The van der Waals surface area contributed by atoms with E-state index in [2.05, 4.69) is 9.88 Å². The van der Waals surface area contributed by atoms with Gasteiger partial charge in [-0.25, -0.2) is 13.8 Å². The Morgan fingerprint density at radius 3 is 2.27 bits per heavy atom. The van der Waals surface area contributed by atoms with Gasteiger partial charge in [0, 0.05) is 58.3 Å². The van der Waals surface area contributed by atoms with Crippen LogP contribution in [-0.2, 0) is 10.8 Å². The van der Waals surface area contributed by atoms with E-state index >= 15 is 0 Å². The molecule has 1 saturated heterocycles. The molecule has 0 N–H and O–H groups in total. The molecule has 26 heavy (non-hydrogen) atoms. The fourth-order valence-corrected chi connectivity index (χ4v) is 4.01. The van der Waals surface area contributed by atoms with Crippen molar-refractivity contribution in [3.8, 4) is 22.7 Å². The Bertz CT molecular complexity index is 926. The molecule has 0 bridgehead atoms. The van der Waals surface area contributed by atoms with Crippen molar-refractivity contribution in [1.82, 2.24) is 4.98 Å². The average Bonchev–Trinajstić information content (AvgIpc) is 3.12. The number of anilines is 1. The second-order valence-corrected chi connectivity index (χ2v) is 7.77. The minimum Gasteiger partial charge on any atom is -0.444 e. The molecule has 4 rings (SSSR count). The minimum absolute atomic E-state index is 0.168. The van der Waals surface area contributed by atoms with Crippen molar-refractivity contribution in [2.45, 2.75) is 0 Å². The Labute approximate surface area is 151 Å². The summed E-state index contributed by atoms with van der Waals surface area (Å²) in [5, 5.41) is 0. The zero-order valence-corrected chi connectivity index (χ0v) is 14.6. The molecule has 0 spiro atoms. The quantitative estimate of drug-likeness (QED) is 0.699. The summed E-state index contributed by atoms with van der Waals surface area (Å²) in [6, 6.07) is 11.0. The monoisotopic (exact) mass is 374 g/mol. The van der Waals surface area contributed by atoms with Gasteiger partial charge in [0.2, 0.25) is 5.89 Å². The number of aromatic nitrogens is 1.